The summed E-state index contributed by atoms with van der Waals surface area (Å²) in [7, 11) is 0. The summed E-state index contributed by atoms with van der Waals surface area (Å²) in [4.78, 5) is 12.2. The zero-order valence-electron chi connectivity index (χ0n) is 13.1. The first-order valence-electron chi connectivity index (χ1n) is 8.42. The third-order valence-corrected chi connectivity index (χ3v) is 6.08. The summed E-state index contributed by atoms with van der Waals surface area (Å²) in [5.74, 6) is 2.36. The average molecular weight is 327 g/mol. The third kappa shape index (κ3) is 3.44. The van der Waals surface area contributed by atoms with Crippen LogP contribution in [0.15, 0.2) is 30.3 Å². The molecule has 4 rings (SSSR count). The minimum atomic E-state index is 0.102. The Balaban J connectivity index is 1.31. The minimum Gasteiger partial charge on any atom is -0.301 e. The average Bonchev–Trinajstić information content (AvgIpc) is 3.26. The monoisotopic (exact) mass is 327 g/mol. The molecule has 120 valence electrons. The van der Waals surface area contributed by atoms with Crippen molar-refractivity contribution in [3.8, 4) is 0 Å². The molecule has 0 radical (unpaired) electrons. The van der Waals surface area contributed by atoms with E-state index < -0.39 is 0 Å². The van der Waals surface area contributed by atoms with Gasteiger partial charge in [0.25, 0.3) is 0 Å². The van der Waals surface area contributed by atoms with Gasteiger partial charge in [-0.25, -0.2) is 0 Å². The van der Waals surface area contributed by atoms with E-state index in [1.807, 2.05) is 18.2 Å². The Hall–Kier alpha value is -1.75. The Morgan fingerprint density at radius 3 is 2.78 bits per heavy atom. The number of carbonyl (C=O) groups excluding carboxylic acids is 1. The second-order valence-electron chi connectivity index (χ2n) is 6.85. The maximum Gasteiger partial charge on any atom is 0.226 e. The third-order valence-electron chi connectivity index (χ3n) is 5.24. The molecule has 0 spiro atoms. The molecule has 1 aromatic heterocycles. The van der Waals surface area contributed by atoms with Crippen LogP contribution in [-0.4, -0.2) is 16.1 Å². The Morgan fingerprint density at radius 2 is 2.04 bits per heavy atom. The van der Waals surface area contributed by atoms with Gasteiger partial charge >= 0.3 is 0 Å². The van der Waals surface area contributed by atoms with Gasteiger partial charge in [-0.2, -0.15) is 0 Å². The molecule has 5 heteroatoms. The zero-order chi connectivity index (χ0) is 15.6. The van der Waals surface area contributed by atoms with Gasteiger partial charge in [-0.3, -0.25) is 4.79 Å². The lowest BCUT2D eigenvalue weighted by molar-refractivity contribution is -0.117. The predicted molar refractivity (Wildman–Crippen MR) is 91.3 cm³/mol. The molecule has 1 heterocycles. The zero-order valence-corrected chi connectivity index (χ0v) is 13.9. The molecule has 1 aromatic carbocycles. The highest BCUT2D eigenvalue weighted by Gasteiger charge is 2.40. The molecule has 2 fully saturated rings. The SMILES string of the molecule is O=C(CC1CC2CCC1C2)Nc1nnc(Cc2ccccc2)s1. The number of rotatable bonds is 5. The van der Waals surface area contributed by atoms with Gasteiger partial charge in [0, 0.05) is 12.8 Å². The molecule has 2 bridgehead atoms. The van der Waals surface area contributed by atoms with Gasteiger partial charge in [-0.15, -0.1) is 10.2 Å². The highest BCUT2D eigenvalue weighted by atomic mass is 32.1. The topological polar surface area (TPSA) is 54.9 Å². The van der Waals surface area contributed by atoms with Crippen molar-refractivity contribution in [2.75, 3.05) is 5.32 Å². The Kier molecular flexibility index (Phi) is 4.12. The van der Waals surface area contributed by atoms with Crippen molar-refractivity contribution >= 4 is 22.4 Å². The molecule has 2 aliphatic carbocycles. The molecule has 3 unspecified atom stereocenters. The summed E-state index contributed by atoms with van der Waals surface area (Å²) in [6, 6.07) is 10.2. The van der Waals surface area contributed by atoms with Gasteiger partial charge in [0.2, 0.25) is 11.0 Å². The number of carbonyl (C=O) groups is 1. The van der Waals surface area contributed by atoms with E-state index in [4.69, 9.17) is 0 Å². The summed E-state index contributed by atoms with van der Waals surface area (Å²) in [5.41, 5.74) is 1.21. The lowest BCUT2D eigenvalue weighted by Crippen LogP contribution is -2.20. The molecule has 4 nitrogen and oxygen atoms in total. The second kappa shape index (κ2) is 6.40. The number of anilines is 1. The van der Waals surface area contributed by atoms with Gasteiger partial charge in [0.1, 0.15) is 5.01 Å². The number of hydrogen-bond acceptors (Lipinski definition) is 4. The van der Waals surface area contributed by atoms with Crippen LogP contribution in [0, 0.1) is 17.8 Å². The first kappa shape index (κ1) is 14.8. The fourth-order valence-electron chi connectivity index (χ4n) is 4.18. The summed E-state index contributed by atoms with van der Waals surface area (Å²) < 4.78 is 0. The number of aromatic nitrogens is 2. The molecule has 2 aliphatic rings. The van der Waals surface area contributed by atoms with Gasteiger partial charge in [-0.05, 0) is 42.6 Å². The van der Waals surface area contributed by atoms with Crippen molar-refractivity contribution in [1.29, 1.82) is 0 Å². The highest BCUT2D eigenvalue weighted by molar-refractivity contribution is 7.15. The van der Waals surface area contributed by atoms with Crippen LogP contribution in [0.3, 0.4) is 0 Å². The van der Waals surface area contributed by atoms with Crippen molar-refractivity contribution in [1.82, 2.24) is 10.2 Å². The summed E-state index contributed by atoms with van der Waals surface area (Å²) in [6.07, 6.45) is 6.70. The van der Waals surface area contributed by atoms with Crippen LogP contribution in [0.2, 0.25) is 0 Å². The smallest absolute Gasteiger partial charge is 0.226 e. The molecule has 1 amide bonds. The summed E-state index contributed by atoms with van der Waals surface area (Å²) >= 11 is 1.48. The van der Waals surface area contributed by atoms with Crippen molar-refractivity contribution in [2.45, 2.75) is 38.5 Å². The lowest BCUT2D eigenvalue weighted by atomic mass is 9.86. The van der Waals surface area contributed by atoms with E-state index in [0.29, 0.717) is 17.5 Å². The van der Waals surface area contributed by atoms with E-state index >= 15 is 0 Å². The van der Waals surface area contributed by atoms with Gasteiger partial charge in [-0.1, -0.05) is 48.1 Å². The standard InChI is InChI=1S/C18H21N3OS/c22-16(11-15-9-13-6-7-14(15)8-13)19-18-21-20-17(23-18)10-12-4-2-1-3-5-12/h1-5,13-15H,6-11H2,(H,19,21,22). The van der Waals surface area contributed by atoms with Crippen LogP contribution in [0.1, 0.15) is 42.7 Å². The number of hydrogen-bond donors (Lipinski definition) is 1. The molecule has 2 saturated carbocycles. The van der Waals surface area contributed by atoms with Gasteiger partial charge in [0.05, 0.1) is 0 Å². The van der Waals surface area contributed by atoms with Crippen molar-refractivity contribution in [3.63, 3.8) is 0 Å². The Morgan fingerprint density at radius 1 is 1.17 bits per heavy atom. The first-order chi connectivity index (χ1) is 11.3. The van der Waals surface area contributed by atoms with E-state index in [-0.39, 0.29) is 5.91 Å². The van der Waals surface area contributed by atoms with Crippen LogP contribution >= 0.6 is 11.3 Å². The van der Waals surface area contributed by atoms with Gasteiger partial charge in [0.15, 0.2) is 0 Å². The minimum absolute atomic E-state index is 0.102. The second-order valence-corrected chi connectivity index (χ2v) is 7.91. The predicted octanol–water partition coefficient (Wildman–Crippen LogP) is 3.89. The molecule has 0 saturated heterocycles. The summed E-state index contributed by atoms with van der Waals surface area (Å²) in [6.45, 7) is 0. The van der Waals surface area contributed by atoms with Crippen LogP contribution < -0.4 is 5.32 Å². The van der Waals surface area contributed by atoms with Crippen molar-refractivity contribution < 1.29 is 4.79 Å². The number of amides is 1. The van der Waals surface area contributed by atoms with E-state index in [0.717, 1.165) is 23.3 Å². The Bertz CT molecular complexity index is 685. The van der Waals surface area contributed by atoms with E-state index in [1.165, 1.54) is 42.6 Å². The van der Waals surface area contributed by atoms with Gasteiger partial charge < -0.3 is 5.32 Å². The molecule has 3 atom stereocenters. The number of nitrogens with one attached hydrogen (secondary N) is 1. The van der Waals surface area contributed by atoms with Crippen LogP contribution in [0.4, 0.5) is 5.13 Å². The molecule has 0 aliphatic heterocycles. The first-order valence-corrected chi connectivity index (χ1v) is 9.24. The molecular weight excluding hydrogens is 306 g/mol. The Labute approximate surface area is 140 Å². The summed E-state index contributed by atoms with van der Waals surface area (Å²) in [5, 5.41) is 12.8. The largest absolute Gasteiger partial charge is 0.301 e. The number of fused-ring (bicyclic) bond motifs is 2. The van der Waals surface area contributed by atoms with Crippen LogP contribution in [0.5, 0.6) is 0 Å². The van der Waals surface area contributed by atoms with Crippen LogP contribution in [0.25, 0.3) is 0 Å². The van der Waals surface area contributed by atoms with Crippen molar-refractivity contribution in [3.05, 3.63) is 40.9 Å². The molecule has 23 heavy (non-hydrogen) atoms. The lowest BCUT2D eigenvalue weighted by Gasteiger charge is -2.20. The number of benzene rings is 1. The van der Waals surface area contributed by atoms with E-state index in [1.54, 1.807) is 0 Å². The maximum atomic E-state index is 12.2. The number of nitrogens with zero attached hydrogens (tertiary/aromatic N) is 2. The molecule has 1 N–H and O–H groups in total. The van der Waals surface area contributed by atoms with E-state index in [9.17, 15) is 4.79 Å². The molecule has 2 aromatic rings. The van der Waals surface area contributed by atoms with Crippen LogP contribution in [-0.2, 0) is 11.2 Å². The molecular formula is C18H21N3OS. The van der Waals surface area contributed by atoms with Crippen molar-refractivity contribution in [2.24, 2.45) is 17.8 Å². The van der Waals surface area contributed by atoms with E-state index in [2.05, 4.69) is 27.6 Å². The fraction of sp³-hybridized carbons (Fsp3) is 0.500. The quantitative estimate of drug-likeness (QED) is 0.906. The maximum absolute atomic E-state index is 12.2. The normalized spacial score (nSPS) is 25.7. The fourth-order valence-corrected chi connectivity index (χ4v) is 4.97. The highest BCUT2D eigenvalue weighted by Crippen LogP contribution is 2.49.